The summed E-state index contributed by atoms with van der Waals surface area (Å²) < 4.78 is 5.15. The molecule has 0 aliphatic carbocycles. The molecule has 1 rings (SSSR count). The minimum Gasteiger partial charge on any atom is -0.496 e. The fourth-order valence-electron chi connectivity index (χ4n) is 1.47. The molecule has 0 amide bonds. The minimum absolute atomic E-state index is 0.0274. The summed E-state index contributed by atoms with van der Waals surface area (Å²) in [6, 6.07) is 5.86. The van der Waals surface area contributed by atoms with Gasteiger partial charge in [0.15, 0.2) is 0 Å². The Morgan fingerprint density at radius 1 is 1.50 bits per heavy atom. The summed E-state index contributed by atoms with van der Waals surface area (Å²) >= 11 is 0. The molecule has 0 radical (unpaired) electrons. The molecule has 0 fully saturated rings. The predicted molar refractivity (Wildman–Crippen MR) is 56.6 cm³/mol. The van der Waals surface area contributed by atoms with E-state index in [1.807, 2.05) is 25.1 Å². The van der Waals surface area contributed by atoms with Gasteiger partial charge in [-0.1, -0.05) is 12.1 Å². The molecule has 0 spiro atoms. The molecule has 1 atom stereocenters. The van der Waals surface area contributed by atoms with Crippen LogP contribution < -0.4 is 10.5 Å². The maximum absolute atomic E-state index is 9.09. The number of ether oxygens (including phenoxy) is 1. The van der Waals surface area contributed by atoms with E-state index in [-0.39, 0.29) is 12.5 Å². The van der Waals surface area contributed by atoms with E-state index >= 15 is 0 Å². The number of aliphatic hydroxyl groups is 1. The highest BCUT2D eigenvalue weighted by Gasteiger charge is 2.09. The van der Waals surface area contributed by atoms with Gasteiger partial charge in [-0.3, -0.25) is 0 Å². The highest BCUT2D eigenvalue weighted by molar-refractivity contribution is 5.37. The Kier molecular flexibility index (Phi) is 3.92. The summed E-state index contributed by atoms with van der Waals surface area (Å²) in [5, 5.41) is 9.09. The van der Waals surface area contributed by atoms with E-state index in [9.17, 15) is 0 Å². The lowest BCUT2D eigenvalue weighted by Crippen LogP contribution is -2.16. The molecule has 0 aliphatic rings. The van der Waals surface area contributed by atoms with Gasteiger partial charge in [0, 0.05) is 12.5 Å². The Balaban J connectivity index is 2.95. The van der Waals surface area contributed by atoms with Gasteiger partial charge in [-0.05, 0) is 24.1 Å². The van der Waals surface area contributed by atoms with Crippen molar-refractivity contribution < 1.29 is 9.84 Å². The Bertz CT molecular complexity index is 295. The Morgan fingerprint density at radius 2 is 2.21 bits per heavy atom. The third-order valence-electron chi connectivity index (χ3n) is 2.40. The molecule has 0 aromatic heterocycles. The lowest BCUT2D eigenvalue weighted by atomic mass is 9.98. The summed E-state index contributed by atoms with van der Waals surface area (Å²) in [7, 11) is 1.65. The molecule has 0 aliphatic heterocycles. The van der Waals surface area contributed by atoms with Crippen LogP contribution in [-0.2, 0) is 0 Å². The van der Waals surface area contributed by atoms with E-state index in [0.29, 0.717) is 6.54 Å². The van der Waals surface area contributed by atoms with Gasteiger partial charge >= 0.3 is 0 Å². The normalized spacial score (nSPS) is 12.6. The number of hydrogen-bond acceptors (Lipinski definition) is 3. The number of aryl methyl sites for hydroxylation is 1. The molecule has 1 unspecified atom stereocenters. The maximum atomic E-state index is 9.09. The van der Waals surface area contributed by atoms with Crippen LogP contribution in [0.5, 0.6) is 5.75 Å². The van der Waals surface area contributed by atoms with Crippen LogP contribution in [0.1, 0.15) is 17.0 Å². The minimum atomic E-state index is 0.0274. The zero-order valence-electron chi connectivity index (χ0n) is 8.66. The van der Waals surface area contributed by atoms with E-state index in [4.69, 9.17) is 15.6 Å². The summed E-state index contributed by atoms with van der Waals surface area (Å²) in [5.41, 5.74) is 7.67. The van der Waals surface area contributed by atoms with Gasteiger partial charge in [-0.15, -0.1) is 0 Å². The van der Waals surface area contributed by atoms with Crippen molar-refractivity contribution in [2.45, 2.75) is 12.8 Å². The van der Waals surface area contributed by atoms with Crippen LogP contribution in [0.4, 0.5) is 0 Å². The molecule has 1 aromatic rings. The van der Waals surface area contributed by atoms with Crippen LogP contribution in [-0.4, -0.2) is 25.4 Å². The van der Waals surface area contributed by atoms with Crippen LogP contribution in [0.2, 0.25) is 0 Å². The van der Waals surface area contributed by atoms with Crippen LogP contribution in [0.3, 0.4) is 0 Å². The van der Waals surface area contributed by atoms with E-state index in [1.54, 1.807) is 7.11 Å². The number of aliphatic hydroxyl groups excluding tert-OH is 1. The average Bonchev–Trinajstić information content (AvgIpc) is 2.20. The summed E-state index contributed by atoms with van der Waals surface area (Å²) in [6.07, 6.45) is 0. The van der Waals surface area contributed by atoms with Gasteiger partial charge in [0.2, 0.25) is 0 Å². The largest absolute Gasteiger partial charge is 0.496 e. The van der Waals surface area contributed by atoms with Crippen LogP contribution >= 0.6 is 0 Å². The SMILES string of the molecule is COc1ccc(C(CN)CO)cc1C. The molecule has 14 heavy (non-hydrogen) atoms. The number of hydrogen-bond donors (Lipinski definition) is 2. The van der Waals surface area contributed by atoms with Crippen LogP contribution in [0.15, 0.2) is 18.2 Å². The second kappa shape index (κ2) is 4.98. The molecular weight excluding hydrogens is 178 g/mol. The lowest BCUT2D eigenvalue weighted by Gasteiger charge is -2.13. The second-order valence-corrected chi connectivity index (χ2v) is 3.34. The van der Waals surface area contributed by atoms with Crippen LogP contribution in [0.25, 0.3) is 0 Å². The molecule has 3 nitrogen and oxygen atoms in total. The van der Waals surface area contributed by atoms with Gasteiger partial charge < -0.3 is 15.6 Å². The number of nitrogens with two attached hydrogens (primary N) is 1. The van der Waals surface area contributed by atoms with E-state index in [1.165, 1.54) is 0 Å². The average molecular weight is 195 g/mol. The first-order valence-electron chi connectivity index (χ1n) is 4.68. The van der Waals surface area contributed by atoms with Gasteiger partial charge in [0.25, 0.3) is 0 Å². The molecule has 3 heteroatoms. The lowest BCUT2D eigenvalue weighted by molar-refractivity contribution is 0.267. The van der Waals surface area contributed by atoms with Crippen molar-refractivity contribution in [3.63, 3.8) is 0 Å². The van der Waals surface area contributed by atoms with E-state index in [2.05, 4.69) is 0 Å². The summed E-state index contributed by atoms with van der Waals surface area (Å²) in [6.45, 7) is 2.53. The third kappa shape index (κ3) is 2.25. The fraction of sp³-hybridized carbons (Fsp3) is 0.455. The first kappa shape index (κ1) is 11.0. The van der Waals surface area contributed by atoms with Crippen molar-refractivity contribution in [2.75, 3.05) is 20.3 Å². The predicted octanol–water partition coefficient (Wildman–Crippen LogP) is 1.04. The zero-order valence-corrected chi connectivity index (χ0v) is 8.66. The first-order valence-corrected chi connectivity index (χ1v) is 4.68. The molecule has 0 heterocycles. The molecule has 78 valence electrons. The van der Waals surface area contributed by atoms with Gasteiger partial charge in [0.1, 0.15) is 5.75 Å². The maximum Gasteiger partial charge on any atom is 0.121 e. The molecule has 1 aromatic carbocycles. The Labute approximate surface area is 84.5 Å². The summed E-state index contributed by atoms with van der Waals surface area (Å²) in [5.74, 6) is 0.891. The van der Waals surface area contributed by atoms with Crippen molar-refractivity contribution in [3.05, 3.63) is 29.3 Å². The van der Waals surface area contributed by atoms with E-state index < -0.39 is 0 Å². The van der Waals surface area contributed by atoms with E-state index in [0.717, 1.165) is 16.9 Å². The van der Waals surface area contributed by atoms with Crippen molar-refractivity contribution in [1.29, 1.82) is 0 Å². The monoisotopic (exact) mass is 195 g/mol. The smallest absolute Gasteiger partial charge is 0.121 e. The van der Waals surface area contributed by atoms with Crippen molar-refractivity contribution in [1.82, 2.24) is 0 Å². The van der Waals surface area contributed by atoms with Crippen molar-refractivity contribution in [2.24, 2.45) is 5.73 Å². The first-order chi connectivity index (χ1) is 6.72. The van der Waals surface area contributed by atoms with Crippen LogP contribution in [0, 0.1) is 6.92 Å². The topological polar surface area (TPSA) is 55.5 Å². The third-order valence-corrected chi connectivity index (χ3v) is 2.40. The van der Waals surface area contributed by atoms with Gasteiger partial charge in [0.05, 0.1) is 13.7 Å². The standard InChI is InChI=1S/C11H17NO2/c1-8-5-9(10(6-12)7-13)3-4-11(8)14-2/h3-5,10,13H,6-7,12H2,1-2H3. The second-order valence-electron chi connectivity index (χ2n) is 3.34. The fourth-order valence-corrected chi connectivity index (χ4v) is 1.47. The molecule has 3 N–H and O–H groups in total. The van der Waals surface area contributed by atoms with Crippen molar-refractivity contribution >= 4 is 0 Å². The Morgan fingerprint density at radius 3 is 2.64 bits per heavy atom. The quantitative estimate of drug-likeness (QED) is 0.754. The highest BCUT2D eigenvalue weighted by Crippen LogP contribution is 2.22. The number of methoxy groups -OCH3 is 1. The molecule has 0 saturated heterocycles. The summed E-state index contributed by atoms with van der Waals surface area (Å²) in [4.78, 5) is 0. The van der Waals surface area contributed by atoms with Gasteiger partial charge in [-0.2, -0.15) is 0 Å². The number of benzene rings is 1. The molecule has 0 saturated carbocycles. The molecular formula is C11H17NO2. The van der Waals surface area contributed by atoms with Gasteiger partial charge in [-0.25, -0.2) is 0 Å². The number of rotatable bonds is 4. The molecule has 0 bridgehead atoms. The zero-order chi connectivity index (χ0) is 10.6. The Hall–Kier alpha value is -1.06. The van der Waals surface area contributed by atoms with Crippen molar-refractivity contribution in [3.8, 4) is 5.75 Å². The highest BCUT2D eigenvalue weighted by atomic mass is 16.5.